The van der Waals surface area contributed by atoms with Gasteiger partial charge in [-0.1, -0.05) is 18.5 Å². The topological polar surface area (TPSA) is 90.5 Å². The molecule has 0 heterocycles. The second-order valence-electron chi connectivity index (χ2n) is 5.05. The van der Waals surface area contributed by atoms with Crippen LogP contribution in [0, 0.1) is 0 Å². The molecule has 1 rings (SSSR count). The van der Waals surface area contributed by atoms with Crippen molar-refractivity contribution in [1.82, 2.24) is 15.5 Å². The minimum absolute atomic E-state index is 0.140. The Kier molecular flexibility index (Phi) is 7.34. The summed E-state index contributed by atoms with van der Waals surface area (Å²) in [5.74, 6) is -0.674. The van der Waals surface area contributed by atoms with Gasteiger partial charge >= 0.3 is 6.03 Å². The molecule has 0 aromatic heterocycles. The van der Waals surface area contributed by atoms with E-state index < -0.39 is 11.9 Å². The van der Waals surface area contributed by atoms with Gasteiger partial charge < -0.3 is 15.5 Å². The number of rotatable bonds is 6. The number of carbonyl (C=O) groups excluding carboxylic acids is 3. The number of hydrogen-bond donors (Lipinski definition) is 3. The zero-order valence-corrected chi connectivity index (χ0v) is 14.2. The second kappa shape index (κ2) is 8.99. The molecule has 126 valence electrons. The van der Waals surface area contributed by atoms with Gasteiger partial charge in [-0.05, 0) is 24.6 Å². The van der Waals surface area contributed by atoms with Crippen LogP contribution in [0.25, 0.3) is 0 Å². The minimum Gasteiger partial charge on any atom is -0.375 e. The lowest BCUT2D eigenvalue weighted by atomic mass is 10.2. The predicted octanol–water partition coefficient (Wildman–Crippen LogP) is 1.69. The van der Waals surface area contributed by atoms with Crippen molar-refractivity contribution in [2.45, 2.75) is 13.3 Å². The summed E-state index contributed by atoms with van der Waals surface area (Å²) in [5.41, 5.74) is 0.895. The molecule has 8 heteroatoms. The molecule has 1 aromatic rings. The molecule has 0 bridgehead atoms. The Balaban J connectivity index is 2.63. The van der Waals surface area contributed by atoms with Crippen molar-refractivity contribution in [3.05, 3.63) is 28.8 Å². The number of halogens is 1. The number of nitrogens with zero attached hydrogens (tertiary/aromatic N) is 1. The normalized spacial score (nSPS) is 9.91. The third kappa shape index (κ3) is 6.15. The fraction of sp³-hybridized carbons (Fsp3) is 0.400. The maximum Gasteiger partial charge on any atom is 0.321 e. The summed E-state index contributed by atoms with van der Waals surface area (Å²) in [5, 5.41) is 7.92. The Morgan fingerprint density at radius 1 is 1.22 bits per heavy atom. The standard InChI is InChI=1S/C15H21ClN4O3/c1-4-7-17-15(23)19-13(21)9-18-12-8-10(5-6-11(12)16)14(22)20(2)3/h5-6,8,18H,4,7,9H2,1-3H3,(H2,17,19,21,23). The minimum atomic E-state index is -0.540. The molecule has 7 nitrogen and oxygen atoms in total. The summed E-state index contributed by atoms with van der Waals surface area (Å²) in [6.07, 6.45) is 0.780. The van der Waals surface area contributed by atoms with Gasteiger partial charge in [0.25, 0.3) is 5.91 Å². The van der Waals surface area contributed by atoms with Crippen molar-refractivity contribution in [1.29, 1.82) is 0 Å². The van der Waals surface area contributed by atoms with Crippen LogP contribution in [-0.4, -0.2) is 49.9 Å². The average molecular weight is 341 g/mol. The van der Waals surface area contributed by atoms with Gasteiger partial charge in [0, 0.05) is 26.2 Å². The number of anilines is 1. The molecule has 0 aliphatic heterocycles. The number of urea groups is 1. The molecule has 0 atom stereocenters. The summed E-state index contributed by atoms with van der Waals surface area (Å²) in [7, 11) is 3.29. The van der Waals surface area contributed by atoms with Crippen molar-refractivity contribution >= 4 is 35.1 Å². The highest BCUT2D eigenvalue weighted by molar-refractivity contribution is 6.33. The highest BCUT2D eigenvalue weighted by Crippen LogP contribution is 2.23. The average Bonchev–Trinajstić information content (AvgIpc) is 2.51. The van der Waals surface area contributed by atoms with E-state index in [4.69, 9.17) is 11.6 Å². The van der Waals surface area contributed by atoms with Crippen LogP contribution in [-0.2, 0) is 4.79 Å². The SMILES string of the molecule is CCCNC(=O)NC(=O)CNc1cc(C(=O)N(C)C)ccc1Cl. The van der Waals surface area contributed by atoms with E-state index in [9.17, 15) is 14.4 Å². The van der Waals surface area contributed by atoms with E-state index >= 15 is 0 Å². The van der Waals surface area contributed by atoms with Gasteiger partial charge in [-0.25, -0.2) is 4.79 Å². The first-order valence-electron chi connectivity index (χ1n) is 7.18. The molecule has 1 aromatic carbocycles. The van der Waals surface area contributed by atoms with Gasteiger partial charge in [0.15, 0.2) is 0 Å². The van der Waals surface area contributed by atoms with Gasteiger partial charge in [-0.2, -0.15) is 0 Å². The van der Waals surface area contributed by atoms with Crippen LogP contribution in [0.4, 0.5) is 10.5 Å². The fourth-order valence-corrected chi connectivity index (χ4v) is 1.87. The highest BCUT2D eigenvalue weighted by atomic mass is 35.5. The van der Waals surface area contributed by atoms with Crippen LogP contribution in [0.1, 0.15) is 23.7 Å². The first-order chi connectivity index (χ1) is 10.8. The van der Waals surface area contributed by atoms with Crippen LogP contribution < -0.4 is 16.0 Å². The zero-order valence-electron chi connectivity index (χ0n) is 13.4. The second-order valence-corrected chi connectivity index (χ2v) is 5.46. The maximum atomic E-state index is 11.9. The number of benzene rings is 1. The number of imide groups is 1. The monoisotopic (exact) mass is 340 g/mol. The third-order valence-corrected chi connectivity index (χ3v) is 3.18. The van der Waals surface area contributed by atoms with Gasteiger partial charge in [0.05, 0.1) is 17.3 Å². The molecule has 0 aliphatic carbocycles. The summed E-state index contributed by atoms with van der Waals surface area (Å²) >= 11 is 6.04. The molecule has 0 saturated heterocycles. The van der Waals surface area contributed by atoms with E-state index in [1.807, 2.05) is 6.92 Å². The van der Waals surface area contributed by atoms with Crippen LogP contribution >= 0.6 is 11.6 Å². The van der Waals surface area contributed by atoms with Crippen molar-refractivity contribution in [2.75, 3.05) is 32.5 Å². The Labute approximate surface area is 140 Å². The largest absolute Gasteiger partial charge is 0.375 e. The molecule has 0 unspecified atom stereocenters. The van der Waals surface area contributed by atoms with Crippen molar-refractivity contribution in [3.8, 4) is 0 Å². The molecule has 4 amide bonds. The summed E-state index contributed by atoms with van der Waals surface area (Å²) in [6.45, 7) is 2.26. The number of amides is 4. The van der Waals surface area contributed by atoms with Crippen molar-refractivity contribution in [3.63, 3.8) is 0 Å². The van der Waals surface area contributed by atoms with E-state index in [0.717, 1.165) is 6.42 Å². The molecule has 0 spiro atoms. The van der Waals surface area contributed by atoms with E-state index in [1.54, 1.807) is 32.3 Å². The smallest absolute Gasteiger partial charge is 0.321 e. The zero-order chi connectivity index (χ0) is 17.4. The molecular formula is C15H21ClN4O3. The Morgan fingerprint density at radius 2 is 1.91 bits per heavy atom. The van der Waals surface area contributed by atoms with Crippen LogP contribution in [0.3, 0.4) is 0 Å². The fourth-order valence-electron chi connectivity index (χ4n) is 1.68. The lowest BCUT2D eigenvalue weighted by Gasteiger charge is -2.13. The van der Waals surface area contributed by atoms with Crippen LogP contribution in [0.15, 0.2) is 18.2 Å². The van der Waals surface area contributed by atoms with E-state index in [-0.39, 0.29) is 12.5 Å². The van der Waals surface area contributed by atoms with E-state index in [2.05, 4.69) is 16.0 Å². The Morgan fingerprint density at radius 3 is 2.52 bits per heavy atom. The first-order valence-corrected chi connectivity index (χ1v) is 7.55. The lowest BCUT2D eigenvalue weighted by Crippen LogP contribution is -2.42. The molecule has 3 N–H and O–H groups in total. The number of hydrogen-bond acceptors (Lipinski definition) is 4. The molecule has 0 aliphatic rings. The Bertz CT molecular complexity index is 590. The molecular weight excluding hydrogens is 320 g/mol. The number of carbonyl (C=O) groups is 3. The third-order valence-electron chi connectivity index (χ3n) is 2.85. The van der Waals surface area contributed by atoms with E-state index in [1.165, 1.54) is 4.90 Å². The maximum absolute atomic E-state index is 11.9. The van der Waals surface area contributed by atoms with Crippen LogP contribution in [0.2, 0.25) is 5.02 Å². The van der Waals surface area contributed by atoms with Gasteiger partial charge in [-0.15, -0.1) is 0 Å². The van der Waals surface area contributed by atoms with Crippen molar-refractivity contribution in [2.24, 2.45) is 0 Å². The number of nitrogens with one attached hydrogen (secondary N) is 3. The molecule has 0 fully saturated rings. The van der Waals surface area contributed by atoms with E-state index in [0.29, 0.717) is 22.8 Å². The molecule has 0 saturated carbocycles. The Hall–Kier alpha value is -2.28. The molecule has 0 radical (unpaired) electrons. The van der Waals surface area contributed by atoms with Gasteiger partial charge in [0.1, 0.15) is 0 Å². The highest BCUT2D eigenvalue weighted by Gasteiger charge is 2.12. The summed E-state index contributed by atoms with van der Waals surface area (Å²) < 4.78 is 0. The quantitative estimate of drug-likeness (QED) is 0.735. The first kappa shape index (κ1) is 18.8. The lowest BCUT2D eigenvalue weighted by molar-refractivity contribution is -0.118. The van der Waals surface area contributed by atoms with Crippen LogP contribution in [0.5, 0.6) is 0 Å². The predicted molar refractivity (Wildman–Crippen MR) is 89.8 cm³/mol. The summed E-state index contributed by atoms with van der Waals surface area (Å²) in [4.78, 5) is 36.4. The van der Waals surface area contributed by atoms with Gasteiger partial charge in [0.2, 0.25) is 5.91 Å². The molecule has 23 heavy (non-hydrogen) atoms. The van der Waals surface area contributed by atoms with Gasteiger partial charge in [-0.3, -0.25) is 14.9 Å². The van der Waals surface area contributed by atoms with Crippen molar-refractivity contribution < 1.29 is 14.4 Å². The summed E-state index contributed by atoms with van der Waals surface area (Å²) in [6, 6.07) is 4.21.